The first-order valence-corrected chi connectivity index (χ1v) is 13.3. The van der Waals surface area contributed by atoms with E-state index in [1.165, 1.54) is 9.31 Å². The minimum Gasteiger partial charge on any atom is -0.335 e. The van der Waals surface area contributed by atoms with Gasteiger partial charge in [-0.15, -0.1) is 0 Å². The van der Waals surface area contributed by atoms with Crippen molar-refractivity contribution in [3.05, 3.63) is 70.3 Å². The second kappa shape index (κ2) is 9.89. The van der Waals surface area contributed by atoms with Crippen molar-refractivity contribution in [3.8, 4) is 0 Å². The SMILES string of the molecule is CC(C)c1ccc(S(=O)(=O)N2CCN(C(=O)C3=CCC(=O)N(c4ccc(Br)cc4)N3)CC2)cc1. The number of hydrogen-bond donors (Lipinski definition) is 1. The number of halogens is 1. The van der Waals surface area contributed by atoms with Crippen LogP contribution >= 0.6 is 15.9 Å². The average molecular weight is 547 g/mol. The highest BCUT2D eigenvalue weighted by molar-refractivity contribution is 9.10. The van der Waals surface area contributed by atoms with Crippen LogP contribution in [-0.4, -0.2) is 55.6 Å². The van der Waals surface area contributed by atoms with Gasteiger partial charge < -0.3 is 4.90 Å². The van der Waals surface area contributed by atoms with Crippen LogP contribution in [0.5, 0.6) is 0 Å². The van der Waals surface area contributed by atoms with Crippen molar-refractivity contribution in [2.45, 2.75) is 31.1 Å². The normalized spacial score (nSPS) is 17.5. The number of carbonyl (C=O) groups excluding carboxylic acids is 2. The van der Waals surface area contributed by atoms with E-state index in [1.54, 1.807) is 35.2 Å². The molecule has 0 aliphatic carbocycles. The molecule has 2 heterocycles. The van der Waals surface area contributed by atoms with Crippen LogP contribution in [0.15, 0.2) is 69.7 Å². The lowest BCUT2D eigenvalue weighted by Crippen LogP contribution is -2.54. The molecule has 1 N–H and O–H groups in total. The monoisotopic (exact) mass is 546 g/mol. The van der Waals surface area contributed by atoms with Crippen molar-refractivity contribution in [2.75, 3.05) is 31.2 Å². The summed E-state index contributed by atoms with van der Waals surface area (Å²) < 4.78 is 28.4. The van der Waals surface area contributed by atoms with Gasteiger partial charge in [0.05, 0.1) is 10.6 Å². The Labute approximate surface area is 208 Å². The van der Waals surface area contributed by atoms with Gasteiger partial charge in [-0.3, -0.25) is 15.0 Å². The standard InChI is InChI=1S/C24H27BrN4O4S/c1-17(2)18-3-9-21(10-4-18)34(32,33)28-15-13-27(14-16-28)24(31)22-11-12-23(30)29(26-22)20-7-5-19(25)6-8-20/h3-11,17,26H,12-16H2,1-2H3. The fraction of sp³-hybridized carbons (Fsp3) is 0.333. The first-order chi connectivity index (χ1) is 16.2. The van der Waals surface area contributed by atoms with Gasteiger partial charge in [0.15, 0.2) is 0 Å². The molecule has 0 bridgehead atoms. The Balaban J connectivity index is 1.40. The molecule has 2 amide bonds. The van der Waals surface area contributed by atoms with Gasteiger partial charge in [0.25, 0.3) is 5.91 Å². The molecule has 0 saturated carbocycles. The average Bonchev–Trinajstić information content (AvgIpc) is 2.84. The molecule has 10 heteroatoms. The molecule has 0 radical (unpaired) electrons. The van der Waals surface area contributed by atoms with Crippen molar-refractivity contribution in [1.29, 1.82) is 0 Å². The molecule has 2 aromatic carbocycles. The van der Waals surface area contributed by atoms with Gasteiger partial charge >= 0.3 is 0 Å². The summed E-state index contributed by atoms with van der Waals surface area (Å²) in [7, 11) is -3.63. The summed E-state index contributed by atoms with van der Waals surface area (Å²) in [4.78, 5) is 27.4. The second-order valence-corrected chi connectivity index (χ2v) is 11.4. The second-order valence-electron chi connectivity index (χ2n) is 8.56. The smallest absolute Gasteiger partial charge is 0.271 e. The summed E-state index contributed by atoms with van der Waals surface area (Å²) in [5.41, 5.74) is 4.94. The quantitative estimate of drug-likeness (QED) is 0.621. The number of rotatable bonds is 5. The summed E-state index contributed by atoms with van der Waals surface area (Å²) in [5.74, 6) is -0.102. The summed E-state index contributed by atoms with van der Waals surface area (Å²) in [6.07, 6.45) is 1.68. The van der Waals surface area contributed by atoms with Gasteiger partial charge in [0, 0.05) is 37.1 Å². The van der Waals surface area contributed by atoms with Crippen molar-refractivity contribution < 1.29 is 18.0 Å². The number of piperazine rings is 1. The molecular formula is C24H27BrN4O4S. The van der Waals surface area contributed by atoms with E-state index < -0.39 is 10.0 Å². The topological polar surface area (TPSA) is 90.0 Å². The molecule has 2 aliphatic heterocycles. The summed E-state index contributed by atoms with van der Waals surface area (Å²) >= 11 is 3.37. The number of nitrogens with zero attached hydrogens (tertiary/aromatic N) is 3. The zero-order valence-electron chi connectivity index (χ0n) is 19.1. The minimum absolute atomic E-state index is 0.102. The number of hydrazine groups is 1. The highest BCUT2D eigenvalue weighted by Crippen LogP contribution is 2.23. The van der Waals surface area contributed by atoms with E-state index in [1.807, 2.05) is 24.3 Å². The zero-order valence-corrected chi connectivity index (χ0v) is 21.5. The van der Waals surface area contributed by atoms with E-state index in [-0.39, 0.29) is 49.3 Å². The molecule has 4 rings (SSSR count). The molecule has 0 spiro atoms. The molecule has 1 fully saturated rings. The Bertz CT molecular complexity index is 1200. The van der Waals surface area contributed by atoms with Crippen LogP contribution < -0.4 is 10.4 Å². The van der Waals surface area contributed by atoms with Gasteiger partial charge in [0.1, 0.15) is 5.70 Å². The van der Waals surface area contributed by atoms with Crippen LogP contribution in [0.1, 0.15) is 31.7 Å². The van der Waals surface area contributed by atoms with E-state index >= 15 is 0 Å². The lowest BCUT2D eigenvalue weighted by Gasteiger charge is -2.36. The fourth-order valence-electron chi connectivity index (χ4n) is 3.92. The Morgan fingerprint density at radius 2 is 1.59 bits per heavy atom. The van der Waals surface area contributed by atoms with E-state index in [9.17, 15) is 18.0 Å². The predicted octanol–water partition coefficient (Wildman–Crippen LogP) is 3.23. The maximum atomic E-state index is 13.1. The predicted molar refractivity (Wildman–Crippen MR) is 133 cm³/mol. The number of anilines is 1. The van der Waals surface area contributed by atoms with E-state index in [0.717, 1.165) is 10.0 Å². The van der Waals surface area contributed by atoms with Crippen LogP contribution in [0.3, 0.4) is 0 Å². The third kappa shape index (κ3) is 5.03. The Kier molecular flexibility index (Phi) is 7.11. The van der Waals surface area contributed by atoms with Crippen molar-refractivity contribution in [1.82, 2.24) is 14.6 Å². The Hall–Kier alpha value is -2.69. The van der Waals surface area contributed by atoms with E-state index in [2.05, 4.69) is 35.2 Å². The zero-order chi connectivity index (χ0) is 24.5. The largest absolute Gasteiger partial charge is 0.335 e. The van der Waals surface area contributed by atoms with Crippen LogP contribution in [-0.2, 0) is 19.6 Å². The fourth-order valence-corrected chi connectivity index (χ4v) is 5.61. The van der Waals surface area contributed by atoms with Crippen LogP contribution in [0.2, 0.25) is 0 Å². The van der Waals surface area contributed by atoms with Gasteiger partial charge in [0.2, 0.25) is 15.9 Å². The van der Waals surface area contributed by atoms with Crippen LogP contribution in [0, 0.1) is 0 Å². The highest BCUT2D eigenvalue weighted by Gasteiger charge is 2.33. The lowest BCUT2D eigenvalue weighted by molar-refractivity contribution is -0.129. The molecule has 180 valence electrons. The van der Waals surface area contributed by atoms with Crippen LogP contribution in [0.25, 0.3) is 0 Å². The number of amides is 2. The number of carbonyl (C=O) groups is 2. The highest BCUT2D eigenvalue weighted by atomic mass is 79.9. The van der Waals surface area contributed by atoms with Gasteiger partial charge in [-0.2, -0.15) is 4.31 Å². The van der Waals surface area contributed by atoms with Crippen LogP contribution in [0.4, 0.5) is 5.69 Å². The lowest BCUT2D eigenvalue weighted by atomic mass is 10.0. The summed E-state index contributed by atoms with van der Waals surface area (Å²) in [6, 6.07) is 14.2. The third-order valence-electron chi connectivity index (χ3n) is 5.99. The van der Waals surface area contributed by atoms with Gasteiger partial charge in [-0.05, 0) is 54.0 Å². The first kappa shape index (κ1) is 24.4. The Morgan fingerprint density at radius 3 is 2.18 bits per heavy atom. The molecule has 0 unspecified atom stereocenters. The van der Waals surface area contributed by atoms with E-state index in [0.29, 0.717) is 17.3 Å². The van der Waals surface area contributed by atoms with Crippen molar-refractivity contribution in [3.63, 3.8) is 0 Å². The van der Waals surface area contributed by atoms with Crippen molar-refractivity contribution in [2.24, 2.45) is 0 Å². The number of nitrogens with one attached hydrogen (secondary N) is 1. The molecule has 8 nitrogen and oxygen atoms in total. The molecular weight excluding hydrogens is 520 g/mol. The molecule has 0 atom stereocenters. The molecule has 2 aliphatic rings. The summed E-state index contributed by atoms with van der Waals surface area (Å²) in [6.45, 7) is 5.08. The van der Waals surface area contributed by atoms with Gasteiger partial charge in [-0.1, -0.05) is 41.9 Å². The summed E-state index contributed by atoms with van der Waals surface area (Å²) in [5, 5.41) is 1.36. The third-order valence-corrected chi connectivity index (χ3v) is 8.43. The van der Waals surface area contributed by atoms with Gasteiger partial charge in [-0.25, -0.2) is 13.4 Å². The number of benzene rings is 2. The van der Waals surface area contributed by atoms with Crippen molar-refractivity contribution >= 4 is 43.5 Å². The minimum atomic E-state index is -3.63. The maximum Gasteiger partial charge on any atom is 0.271 e. The number of hydrogen-bond acceptors (Lipinski definition) is 5. The molecule has 0 aromatic heterocycles. The molecule has 2 aromatic rings. The first-order valence-electron chi connectivity index (χ1n) is 11.1. The molecule has 1 saturated heterocycles. The van der Waals surface area contributed by atoms with E-state index in [4.69, 9.17) is 0 Å². The maximum absolute atomic E-state index is 13.1. The molecule has 34 heavy (non-hydrogen) atoms. The number of sulfonamides is 1. The Morgan fingerprint density at radius 1 is 0.971 bits per heavy atom.